The number of allylic oxidation sites excluding steroid dienone is 4. The first-order valence-electron chi connectivity index (χ1n) is 4.94. The Labute approximate surface area is 88.6 Å². The van der Waals surface area contributed by atoms with Crippen LogP contribution in [0.25, 0.3) is 0 Å². The second kappa shape index (κ2) is 4.13. The summed E-state index contributed by atoms with van der Waals surface area (Å²) in [5.41, 5.74) is 1.25. The molecule has 1 aliphatic rings. The number of aromatic carboxylic acids is 1. The van der Waals surface area contributed by atoms with Crippen molar-refractivity contribution in [2.75, 3.05) is 0 Å². The summed E-state index contributed by atoms with van der Waals surface area (Å²) in [6.45, 7) is 0. The standard InChI is InChI=1S/C13H12O2/c14-13(15)12-9-5-4-8-11(12)10-6-2-1-3-7-10/h2-10H,1H2,(H,14,15). The normalized spacial score (nSPS) is 15.5. The van der Waals surface area contributed by atoms with Gasteiger partial charge in [-0.25, -0.2) is 4.79 Å². The van der Waals surface area contributed by atoms with Crippen LogP contribution < -0.4 is 0 Å². The third-order valence-corrected chi connectivity index (χ3v) is 2.51. The maximum Gasteiger partial charge on any atom is 0.335 e. The fourth-order valence-corrected chi connectivity index (χ4v) is 1.78. The van der Waals surface area contributed by atoms with Crippen molar-refractivity contribution in [3.05, 3.63) is 59.7 Å². The molecular weight excluding hydrogens is 188 g/mol. The highest BCUT2D eigenvalue weighted by Crippen LogP contribution is 2.25. The Balaban J connectivity index is 2.42. The summed E-state index contributed by atoms with van der Waals surface area (Å²) >= 11 is 0. The molecule has 1 N–H and O–H groups in total. The zero-order valence-corrected chi connectivity index (χ0v) is 8.26. The van der Waals surface area contributed by atoms with Gasteiger partial charge in [0.15, 0.2) is 0 Å². The monoisotopic (exact) mass is 200 g/mol. The Morgan fingerprint density at radius 2 is 1.87 bits per heavy atom. The topological polar surface area (TPSA) is 37.3 Å². The van der Waals surface area contributed by atoms with Gasteiger partial charge in [-0.2, -0.15) is 0 Å². The van der Waals surface area contributed by atoms with Gasteiger partial charge in [0.25, 0.3) is 0 Å². The third kappa shape index (κ3) is 1.99. The van der Waals surface area contributed by atoms with Crippen molar-refractivity contribution in [1.82, 2.24) is 0 Å². The van der Waals surface area contributed by atoms with Crippen molar-refractivity contribution in [2.45, 2.75) is 12.3 Å². The molecule has 2 nitrogen and oxygen atoms in total. The molecule has 0 aliphatic heterocycles. The lowest BCUT2D eigenvalue weighted by molar-refractivity contribution is 0.0695. The van der Waals surface area contributed by atoms with Gasteiger partial charge in [0.1, 0.15) is 0 Å². The maximum atomic E-state index is 11.0. The van der Waals surface area contributed by atoms with Crippen LogP contribution in [0.3, 0.4) is 0 Å². The fraction of sp³-hybridized carbons (Fsp3) is 0.154. The minimum Gasteiger partial charge on any atom is -0.478 e. The first-order chi connectivity index (χ1) is 7.29. The van der Waals surface area contributed by atoms with Gasteiger partial charge in [-0.3, -0.25) is 0 Å². The van der Waals surface area contributed by atoms with Crippen molar-refractivity contribution >= 4 is 5.97 Å². The molecule has 76 valence electrons. The Hall–Kier alpha value is -1.83. The van der Waals surface area contributed by atoms with Gasteiger partial charge < -0.3 is 5.11 Å². The summed E-state index contributed by atoms with van der Waals surface area (Å²) in [5, 5.41) is 9.05. The van der Waals surface area contributed by atoms with Gasteiger partial charge in [-0.15, -0.1) is 0 Å². The zero-order chi connectivity index (χ0) is 10.7. The largest absolute Gasteiger partial charge is 0.478 e. The van der Waals surface area contributed by atoms with E-state index in [2.05, 4.69) is 12.2 Å². The Morgan fingerprint density at radius 1 is 1.20 bits per heavy atom. The van der Waals surface area contributed by atoms with Gasteiger partial charge in [-0.05, 0) is 18.1 Å². The molecule has 2 heteroatoms. The summed E-state index contributed by atoms with van der Waals surface area (Å²) in [6, 6.07) is 7.14. The summed E-state index contributed by atoms with van der Waals surface area (Å²) in [6.07, 6.45) is 9.14. The summed E-state index contributed by atoms with van der Waals surface area (Å²) < 4.78 is 0. The Bertz CT molecular complexity index is 418. The van der Waals surface area contributed by atoms with Crippen LogP contribution >= 0.6 is 0 Å². The first kappa shape index (κ1) is 9.71. The highest BCUT2D eigenvalue weighted by atomic mass is 16.4. The molecule has 0 atom stereocenters. The van der Waals surface area contributed by atoms with Crippen LogP contribution in [-0.4, -0.2) is 11.1 Å². The summed E-state index contributed by atoms with van der Waals surface area (Å²) in [7, 11) is 0. The van der Waals surface area contributed by atoms with E-state index in [1.165, 1.54) is 0 Å². The van der Waals surface area contributed by atoms with E-state index in [1.807, 2.05) is 24.3 Å². The van der Waals surface area contributed by atoms with Gasteiger partial charge >= 0.3 is 5.97 Å². The second-order valence-corrected chi connectivity index (χ2v) is 3.51. The van der Waals surface area contributed by atoms with Crippen LogP contribution in [-0.2, 0) is 0 Å². The minimum atomic E-state index is -0.863. The molecule has 1 aliphatic carbocycles. The molecule has 0 fully saturated rings. The molecule has 0 heterocycles. The first-order valence-corrected chi connectivity index (χ1v) is 4.94. The highest BCUT2D eigenvalue weighted by Gasteiger charge is 2.14. The SMILES string of the molecule is O=C(O)c1ccccc1C1C=CCC=C1. The molecule has 2 rings (SSSR count). The molecule has 1 aromatic carbocycles. The lowest BCUT2D eigenvalue weighted by Crippen LogP contribution is -2.05. The van der Waals surface area contributed by atoms with Crippen molar-refractivity contribution in [1.29, 1.82) is 0 Å². The number of benzene rings is 1. The summed E-state index contributed by atoms with van der Waals surface area (Å²) in [5.74, 6) is -0.760. The van der Waals surface area contributed by atoms with Gasteiger partial charge in [0, 0.05) is 5.92 Å². The number of hydrogen-bond acceptors (Lipinski definition) is 1. The van der Waals surface area contributed by atoms with Crippen LogP contribution in [0, 0.1) is 0 Å². The Morgan fingerprint density at radius 3 is 2.53 bits per heavy atom. The van der Waals surface area contributed by atoms with E-state index in [0.29, 0.717) is 5.56 Å². The van der Waals surface area contributed by atoms with Crippen molar-refractivity contribution in [2.24, 2.45) is 0 Å². The van der Waals surface area contributed by atoms with E-state index in [9.17, 15) is 4.79 Å². The van der Waals surface area contributed by atoms with Crippen LogP contribution in [0.15, 0.2) is 48.6 Å². The van der Waals surface area contributed by atoms with Crippen molar-refractivity contribution in [3.63, 3.8) is 0 Å². The number of carboxylic acids is 1. The predicted molar refractivity (Wildman–Crippen MR) is 59.0 cm³/mol. The number of carbonyl (C=O) groups is 1. The minimum absolute atomic E-state index is 0.103. The molecule has 1 aromatic rings. The van der Waals surface area contributed by atoms with E-state index in [0.717, 1.165) is 12.0 Å². The lowest BCUT2D eigenvalue weighted by Gasteiger charge is -2.13. The predicted octanol–water partition coefficient (Wildman–Crippen LogP) is 2.98. The fourth-order valence-electron chi connectivity index (χ4n) is 1.78. The smallest absolute Gasteiger partial charge is 0.335 e. The molecular formula is C13H12O2. The Kier molecular flexibility index (Phi) is 2.68. The number of carboxylic acid groups (broad SMARTS) is 1. The van der Waals surface area contributed by atoms with Gasteiger partial charge in [0.2, 0.25) is 0 Å². The summed E-state index contributed by atoms with van der Waals surface area (Å²) in [4.78, 5) is 11.0. The van der Waals surface area contributed by atoms with Crippen molar-refractivity contribution in [3.8, 4) is 0 Å². The van der Waals surface area contributed by atoms with E-state index >= 15 is 0 Å². The average Bonchev–Trinajstić information content (AvgIpc) is 2.30. The molecule has 0 unspecified atom stereocenters. The maximum absolute atomic E-state index is 11.0. The van der Waals surface area contributed by atoms with Crippen molar-refractivity contribution < 1.29 is 9.90 Å². The van der Waals surface area contributed by atoms with Crippen LogP contribution in [0.1, 0.15) is 28.3 Å². The average molecular weight is 200 g/mol. The van der Waals surface area contributed by atoms with E-state index in [4.69, 9.17) is 5.11 Å². The lowest BCUT2D eigenvalue weighted by atomic mass is 9.91. The quantitative estimate of drug-likeness (QED) is 0.745. The highest BCUT2D eigenvalue weighted by molar-refractivity contribution is 5.89. The van der Waals surface area contributed by atoms with Gasteiger partial charge in [0.05, 0.1) is 5.56 Å². The molecule has 0 radical (unpaired) electrons. The third-order valence-electron chi connectivity index (χ3n) is 2.51. The molecule has 0 spiro atoms. The van der Waals surface area contributed by atoms with E-state index in [1.54, 1.807) is 12.1 Å². The number of rotatable bonds is 2. The van der Waals surface area contributed by atoms with Crippen LogP contribution in [0.2, 0.25) is 0 Å². The molecule has 0 amide bonds. The molecule has 0 aromatic heterocycles. The molecule has 0 bridgehead atoms. The molecule has 15 heavy (non-hydrogen) atoms. The van der Waals surface area contributed by atoms with E-state index < -0.39 is 5.97 Å². The van der Waals surface area contributed by atoms with E-state index in [-0.39, 0.29) is 5.92 Å². The molecule has 0 saturated carbocycles. The van der Waals surface area contributed by atoms with Crippen LogP contribution in [0.5, 0.6) is 0 Å². The number of hydrogen-bond donors (Lipinski definition) is 1. The molecule has 0 saturated heterocycles. The zero-order valence-electron chi connectivity index (χ0n) is 8.26. The second-order valence-electron chi connectivity index (χ2n) is 3.51. The van der Waals surface area contributed by atoms with Crippen LogP contribution in [0.4, 0.5) is 0 Å². The van der Waals surface area contributed by atoms with Gasteiger partial charge in [-0.1, -0.05) is 42.5 Å².